The van der Waals surface area contributed by atoms with Crippen LogP contribution in [0.1, 0.15) is 24.1 Å². The van der Waals surface area contributed by atoms with Crippen LogP contribution in [0.3, 0.4) is 0 Å². The van der Waals surface area contributed by atoms with Crippen LogP contribution in [0.4, 0.5) is 4.79 Å². The van der Waals surface area contributed by atoms with Crippen LogP contribution in [0.15, 0.2) is 59.5 Å². The summed E-state index contributed by atoms with van der Waals surface area (Å²) in [7, 11) is -0.600. The van der Waals surface area contributed by atoms with Gasteiger partial charge in [0.25, 0.3) is 0 Å². The van der Waals surface area contributed by atoms with E-state index in [9.17, 15) is 13.2 Å². The summed E-state index contributed by atoms with van der Waals surface area (Å²) in [6.45, 7) is 2.01. The number of sulfonamides is 1. The highest BCUT2D eigenvalue weighted by molar-refractivity contribution is 7.89. The average Bonchev–Trinajstić information content (AvgIpc) is 2.60. The molecule has 2 N–H and O–H groups in total. The van der Waals surface area contributed by atoms with Crippen molar-refractivity contribution in [1.82, 2.24) is 14.9 Å². The lowest BCUT2D eigenvalue weighted by Gasteiger charge is -2.17. The molecule has 0 aliphatic heterocycles. The van der Waals surface area contributed by atoms with Gasteiger partial charge in [0, 0.05) is 20.6 Å². The second kappa shape index (κ2) is 8.13. The van der Waals surface area contributed by atoms with Crippen molar-refractivity contribution in [3.8, 4) is 0 Å². The molecule has 0 aliphatic rings. The van der Waals surface area contributed by atoms with Gasteiger partial charge in [0.1, 0.15) is 0 Å². The minimum absolute atomic E-state index is 0.122. The van der Waals surface area contributed by atoms with E-state index in [0.717, 1.165) is 9.87 Å². The molecule has 1 atom stereocenters. The molecule has 0 bridgehead atoms. The Bertz CT molecular complexity index is 820. The lowest BCUT2D eigenvalue weighted by atomic mass is 10.1. The van der Waals surface area contributed by atoms with Gasteiger partial charge in [-0.2, -0.15) is 0 Å². The zero-order valence-corrected chi connectivity index (χ0v) is 15.4. The maximum atomic E-state index is 12.4. The molecule has 2 aromatic rings. The third-order valence-electron chi connectivity index (χ3n) is 3.82. The third kappa shape index (κ3) is 4.80. The van der Waals surface area contributed by atoms with Gasteiger partial charge in [0.2, 0.25) is 10.0 Å². The standard InChI is InChI=1S/C18H23N3O3S/c1-14(15-9-5-4-6-10-15)20-18(22)19-13-16-11-7-8-12-17(16)25(23,24)21(2)3/h4-12,14H,13H2,1-3H3,(H2,19,20,22)/t14-/m0/s1. The molecule has 2 amide bonds. The quantitative estimate of drug-likeness (QED) is 0.830. The predicted molar refractivity (Wildman–Crippen MR) is 97.5 cm³/mol. The summed E-state index contributed by atoms with van der Waals surface area (Å²) in [6, 6.07) is 15.7. The molecular weight excluding hydrogens is 338 g/mol. The normalized spacial score (nSPS) is 12.6. The van der Waals surface area contributed by atoms with Crippen LogP contribution in [-0.2, 0) is 16.6 Å². The maximum Gasteiger partial charge on any atom is 0.315 e. The largest absolute Gasteiger partial charge is 0.334 e. The van der Waals surface area contributed by atoms with Gasteiger partial charge in [0.05, 0.1) is 10.9 Å². The predicted octanol–water partition coefficient (Wildman–Crippen LogP) is 2.50. The van der Waals surface area contributed by atoms with Crippen LogP contribution in [0.2, 0.25) is 0 Å². The summed E-state index contributed by atoms with van der Waals surface area (Å²) in [6.07, 6.45) is 0. The lowest BCUT2D eigenvalue weighted by molar-refractivity contribution is 0.237. The number of hydrogen-bond acceptors (Lipinski definition) is 3. The number of benzene rings is 2. The van der Waals surface area contributed by atoms with Crippen LogP contribution in [-0.4, -0.2) is 32.8 Å². The fraction of sp³-hybridized carbons (Fsp3) is 0.278. The van der Waals surface area contributed by atoms with Crippen molar-refractivity contribution in [2.45, 2.75) is 24.4 Å². The van der Waals surface area contributed by atoms with E-state index in [0.29, 0.717) is 5.56 Å². The van der Waals surface area contributed by atoms with Gasteiger partial charge in [-0.25, -0.2) is 17.5 Å². The zero-order valence-electron chi connectivity index (χ0n) is 14.6. The molecule has 0 heterocycles. The van der Waals surface area contributed by atoms with Gasteiger partial charge in [-0.15, -0.1) is 0 Å². The number of urea groups is 1. The fourth-order valence-corrected chi connectivity index (χ4v) is 3.46. The average molecular weight is 361 g/mol. The van der Waals surface area contributed by atoms with Gasteiger partial charge in [-0.3, -0.25) is 0 Å². The number of carbonyl (C=O) groups is 1. The van der Waals surface area contributed by atoms with E-state index in [1.165, 1.54) is 20.2 Å². The van der Waals surface area contributed by atoms with Gasteiger partial charge < -0.3 is 10.6 Å². The van der Waals surface area contributed by atoms with Gasteiger partial charge >= 0.3 is 6.03 Å². The van der Waals surface area contributed by atoms with Gasteiger partial charge in [0.15, 0.2) is 0 Å². The molecule has 0 fully saturated rings. The topological polar surface area (TPSA) is 78.5 Å². The summed E-state index contributed by atoms with van der Waals surface area (Å²) >= 11 is 0. The summed E-state index contributed by atoms with van der Waals surface area (Å²) in [5.74, 6) is 0. The molecule has 2 aromatic carbocycles. The minimum Gasteiger partial charge on any atom is -0.334 e. The molecule has 134 valence electrons. The first kappa shape index (κ1) is 19.0. The molecule has 7 heteroatoms. The smallest absolute Gasteiger partial charge is 0.315 e. The Hall–Kier alpha value is -2.38. The zero-order chi connectivity index (χ0) is 18.4. The summed E-state index contributed by atoms with van der Waals surface area (Å²) in [4.78, 5) is 12.3. The first-order chi connectivity index (χ1) is 11.8. The highest BCUT2D eigenvalue weighted by atomic mass is 32.2. The molecule has 0 spiro atoms. The first-order valence-corrected chi connectivity index (χ1v) is 9.36. The van der Waals surface area contributed by atoms with Gasteiger partial charge in [-0.05, 0) is 24.1 Å². The highest BCUT2D eigenvalue weighted by Crippen LogP contribution is 2.18. The lowest BCUT2D eigenvalue weighted by Crippen LogP contribution is -2.37. The Morgan fingerprint density at radius 3 is 2.28 bits per heavy atom. The van der Waals surface area contributed by atoms with Crippen LogP contribution in [0, 0.1) is 0 Å². The second-order valence-electron chi connectivity index (χ2n) is 5.85. The Morgan fingerprint density at radius 1 is 1.04 bits per heavy atom. The van der Waals surface area contributed by atoms with Crippen LogP contribution in [0.25, 0.3) is 0 Å². The number of carbonyl (C=O) groups excluding carboxylic acids is 1. The van der Waals surface area contributed by atoms with E-state index in [1.807, 2.05) is 37.3 Å². The molecule has 0 saturated heterocycles. The van der Waals surface area contributed by atoms with Gasteiger partial charge in [-0.1, -0.05) is 48.5 Å². The maximum absolute atomic E-state index is 12.4. The van der Waals surface area contributed by atoms with Crippen molar-refractivity contribution in [2.75, 3.05) is 14.1 Å². The van der Waals surface area contributed by atoms with E-state index in [1.54, 1.807) is 18.2 Å². The van der Waals surface area contributed by atoms with Crippen molar-refractivity contribution in [3.63, 3.8) is 0 Å². The summed E-state index contributed by atoms with van der Waals surface area (Å²) in [5, 5.41) is 5.56. The minimum atomic E-state index is -3.56. The Labute approximate surface area is 148 Å². The molecule has 25 heavy (non-hydrogen) atoms. The third-order valence-corrected chi connectivity index (χ3v) is 5.73. The molecule has 0 aliphatic carbocycles. The molecule has 0 unspecified atom stereocenters. The SMILES string of the molecule is C[C@H](NC(=O)NCc1ccccc1S(=O)(=O)N(C)C)c1ccccc1. The van der Waals surface area contributed by atoms with Crippen molar-refractivity contribution >= 4 is 16.1 Å². The fourth-order valence-electron chi connectivity index (χ4n) is 2.35. The van der Waals surface area contributed by atoms with Crippen molar-refractivity contribution in [1.29, 1.82) is 0 Å². The van der Waals surface area contributed by atoms with Crippen LogP contribution in [0.5, 0.6) is 0 Å². The molecule has 6 nitrogen and oxygen atoms in total. The summed E-state index contributed by atoms with van der Waals surface area (Å²) in [5.41, 5.74) is 1.53. The molecule has 2 rings (SSSR count). The molecule has 0 aromatic heterocycles. The Balaban J connectivity index is 2.03. The van der Waals surface area contributed by atoms with E-state index in [-0.39, 0.29) is 23.5 Å². The highest BCUT2D eigenvalue weighted by Gasteiger charge is 2.20. The van der Waals surface area contributed by atoms with E-state index in [4.69, 9.17) is 0 Å². The van der Waals surface area contributed by atoms with Crippen molar-refractivity contribution < 1.29 is 13.2 Å². The van der Waals surface area contributed by atoms with Crippen molar-refractivity contribution in [3.05, 3.63) is 65.7 Å². The molecule has 0 saturated carbocycles. The number of nitrogens with one attached hydrogen (secondary N) is 2. The second-order valence-corrected chi connectivity index (χ2v) is 7.97. The van der Waals surface area contributed by atoms with E-state index >= 15 is 0 Å². The van der Waals surface area contributed by atoms with E-state index < -0.39 is 10.0 Å². The monoisotopic (exact) mass is 361 g/mol. The Kier molecular flexibility index (Phi) is 6.17. The van der Waals surface area contributed by atoms with Crippen LogP contribution >= 0.6 is 0 Å². The first-order valence-electron chi connectivity index (χ1n) is 7.92. The molecular formula is C18H23N3O3S. The summed E-state index contributed by atoms with van der Waals surface area (Å²) < 4.78 is 25.9. The van der Waals surface area contributed by atoms with Crippen molar-refractivity contribution in [2.24, 2.45) is 0 Å². The van der Waals surface area contributed by atoms with Crippen LogP contribution < -0.4 is 10.6 Å². The van der Waals surface area contributed by atoms with E-state index in [2.05, 4.69) is 10.6 Å². The number of amides is 2. The number of rotatable bonds is 6. The number of nitrogens with zero attached hydrogens (tertiary/aromatic N) is 1. The Morgan fingerprint density at radius 2 is 1.64 bits per heavy atom. The molecule has 0 radical (unpaired) electrons. The number of hydrogen-bond donors (Lipinski definition) is 2.